The molecule has 0 aliphatic carbocycles. The second kappa shape index (κ2) is 5.67. The minimum atomic E-state index is -0.867. The number of aromatic nitrogens is 2. The van der Waals surface area contributed by atoms with Gasteiger partial charge in [-0.3, -0.25) is 4.90 Å². The fourth-order valence-electron chi connectivity index (χ4n) is 3.59. The zero-order valence-electron chi connectivity index (χ0n) is 13.5. The van der Waals surface area contributed by atoms with Crippen molar-refractivity contribution >= 4 is 11.7 Å². The maximum atomic E-state index is 11.4. The van der Waals surface area contributed by atoms with Gasteiger partial charge in [0.25, 0.3) is 0 Å². The highest BCUT2D eigenvalue weighted by molar-refractivity contribution is 5.80. The van der Waals surface area contributed by atoms with Crippen LogP contribution in [0.4, 0.5) is 4.79 Å². The van der Waals surface area contributed by atoms with Crippen molar-refractivity contribution in [3.05, 3.63) is 60.0 Å². The van der Waals surface area contributed by atoms with Crippen LogP contribution >= 0.6 is 0 Å². The number of nitrogens with zero attached hydrogens (tertiary/aromatic N) is 3. The van der Waals surface area contributed by atoms with Gasteiger partial charge in [0.2, 0.25) is 0 Å². The summed E-state index contributed by atoms with van der Waals surface area (Å²) in [6, 6.07) is 12.1. The minimum Gasteiger partial charge on any atom is -0.465 e. The van der Waals surface area contributed by atoms with E-state index in [1.54, 1.807) is 0 Å². The number of hydrogen-bond acceptors (Lipinski definition) is 2. The second-order valence-corrected chi connectivity index (χ2v) is 6.27. The summed E-state index contributed by atoms with van der Waals surface area (Å²) >= 11 is 0. The molecule has 122 valence electrons. The molecule has 3 aromatic rings. The molecule has 0 bridgehead atoms. The summed E-state index contributed by atoms with van der Waals surface area (Å²) in [5.41, 5.74) is 5.10. The largest absolute Gasteiger partial charge is 0.465 e. The zero-order chi connectivity index (χ0) is 16.7. The van der Waals surface area contributed by atoms with Gasteiger partial charge in [0.1, 0.15) is 5.65 Å². The average molecular weight is 321 g/mol. The molecule has 1 fully saturated rings. The molecule has 1 saturated heterocycles. The Morgan fingerprint density at radius 3 is 2.79 bits per heavy atom. The highest BCUT2D eigenvalue weighted by atomic mass is 16.4. The second-order valence-electron chi connectivity index (χ2n) is 6.27. The number of aryl methyl sites for hydroxylation is 1. The molecule has 5 heteroatoms. The van der Waals surface area contributed by atoms with E-state index in [9.17, 15) is 9.90 Å². The number of likely N-dealkylation sites (tertiary alicyclic amines) is 1. The van der Waals surface area contributed by atoms with E-state index in [0.717, 1.165) is 40.9 Å². The molecular weight excluding hydrogens is 302 g/mol. The molecule has 1 aliphatic rings. The normalized spacial score (nSPS) is 17.5. The quantitative estimate of drug-likeness (QED) is 0.772. The molecule has 4 rings (SSSR count). The van der Waals surface area contributed by atoms with Crippen LogP contribution in [0.2, 0.25) is 0 Å². The fourth-order valence-corrected chi connectivity index (χ4v) is 3.59. The van der Waals surface area contributed by atoms with Crippen LogP contribution in [-0.2, 0) is 0 Å². The van der Waals surface area contributed by atoms with E-state index >= 15 is 0 Å². The first-order valence-electron chi connectivity index (χ1n) is 8.18. The Hall–Kier alpha value is -2.82. The standard InChI is InChI=1S/C19H19N3O2/c1-13-9-11-21-12-15(16-8-5-10-22(16)19(23)24)20-18(21)17(13)14-6-3-2-4-7-14/h2-4,6-7,9,11-12,16H,5,8,10H2,1H3,(H,23,24). The highest BCUT2D eigenvalue weighted by Crippen LogP contribution is 2.34. The number of pyridine rings is 1. The van der Waals surface area contributed by atoms with Crippen LogP contribution in [-0.4, -0.2) is 32.0 Å². The third kappa shape index (κ3) is 2.33. The predicted molar refractivity (Wildman–Crippen MR) is 92.1 cm³/mol. The van der Waals surface area contributed by atoms with Gasteiger partial charge in [-0.1, -0.05) is 30.3 Å². The van der Waals surface area contributed by atoms with Crippen molar-refractivity contribution < 1.29 is 9.90 Å². The Kier molecular flexibility index (Phi) is 3.49. The van der Waals surface area contributed by atoms with Gasteiger partial charge < -0.3 is 9.51 Å². The third-order valence-corrected chi connectivity index (χ3v) is 4.76. The number of amides is 1. The van der Waals surface area contributed by atoms with Crippen molar-refractivity contribution in [2.45, 2.75) is 25.8 Å². The number of imidazole rings is 1. The van der Waals surface area contributed by atoms with Crippen LogP contribution in [0.1, 0.15) is 30.1 Å². The van der Waals surface area contributed by atoms with E-state index in [1.165, 1.54) is 4.90 Å². The molecule has 0 spiro atoms. The van der Waals surface area contributed by atoms with Crippen LogP contribution < -0.4 is 0 Å². The van der Waals surface area contributed by atoms with Crippen LogP contribution in [0.15, 0.2) is 48.8 Å². The molecule has 0 radical (unpaired) electrons. The van der Waals surface area contributed by atoms with Gasteiger partial charge in [-0.2, -0.15) is 0 Å². The third-order valence-electron chi connectivity index (χ3n) is 4.76. The van der Waals surface area contributed by atoms with Crippen molar-refractivity contribution in [1.29, 1.82) is 0 Å². The molecule has 1 aliphatic heterocycles. The summed E-state index contributed by atoms with van der Waals surface area (Å²) in [5, 5.41) is 9.39. The fraction of sp³-hybridized carbons (Fsp3) is 0.263. The molecular formula is C19H19N3O2. The monoisotopic (exact) mass is 321 g/mol. The van der Waals surface area contributed by atoms with Gasteiger partial charge in [0.15, 0.2) is 0 Å². The van der Waals surface area contributed by atoms with Crippen molar-refractivity contribution in [3.63, 3.8) is 0 Å². The summed E-state index contributed by atoms with van der Waals surface area (Å²) in [6.45, 7) is 2.66. The lowest BCUT2D eigenvalue weighted by molar-refractivity contribution is 0.139. The molecule has 1 amide bonds. The topological polar surface area (TPSA) is 57.8 Å². The van der Waals surface area contributed by atoms with Gasteiger partial charge >= 0.3 is 6.09 Å². The molecule has 0 saturated carbocycles. The van der Waals surface area contributed by atoms with Crippen LogP contribution in [0, 0.1) is 6.92 Å². The minimum absolute atomic E-state index is 0.147. The lowest BCUT2D eigenvalue weighted by Gasteiger charge is -2.19. The molecule has 3 heterocycles. The van der Waals surface area contributed by atoms with Crippen LogP contribution in [0.5, 0.6) is 0 Å². The molecule has 5 nitrogen and oxygen atoms in total. The average Bonchev–Trinajstić information content (AvgIpc) is 3.22. The molecule has 1 unspecified atom stereocenters. The number of benzene rings is 1. The summed E-state index contributed by atoms with van der Waals surface area (Å²) in [5.74, 6) is 0. The zero-order valence-corrected chi connectivity index (χ0v) is 13.5. The van der Waals surface area contributed by atoms with Gasteiger partial charge in [-0.05, 0) is 37.0 Å². The number of fused-ring (bicyclic) bond motifs is 1. The van der Waals surface area contributed by atoms with E-state index in [2.05, 4.69) is 25.1 Å². The summed E-state index contributed by atoms with van der Waals surface area (Å²) < 4.78 is 2.00. The van der Waals surface area contributed by atoms with Crippen molar-refractivity contribution in [2.24, 2.45) is 0 Å². The summed E-state index contributed by atoms with van der Waals surface area (Å²) in [4.78, 5) is 17.8. The van der Waals surface area contributed by atoms with E-state index in [-0.39, 0.29) is 6.04 Å². The predicted octanol–water partition coefficient (Wildman–Crippen LogP) is 4.12. The Labute approximate surface area is 140 Å². The van der Waals surface area contributed by atoms with Crippen molar-refractivity contribution in [2.75, 3.05) is 6.54 Å². The SMILES string of the molecule is Cc1ccn2cc(C3CCCN3C(=O)O)nc2c1-c1ccccc1. The summed E-state index contributed by atoms with van der Waals surface area (Å²) in [6.07, 6.45) is 4.81. The van der Waals surface area contributed by atoms with E-state index in [4.69, 9.17) is 4.98 Å². The Balaban J connectivity index is 1.86. The Bertz CT molecular complexity index is 902. The van der Waals surface area contributed by atoms with Crippen LogP contribution in [0.3, 0.4) is 0 Å². The highest BCUT2D eigenvalue weighted by Gasteiger charge is 2.31. The van der Waals surface area contributed by atoms with Crippen LogP contribution in [0.25, 0.3) is 16.8 Å². The van der Waals surface area contributed by atoms with Crippen molar-refractivity contribution in [1.82, 2.24) is 14.3 Å². The van der Waals surface area contributed by atoms with Gasteiger partial charge in [0, 0.05) is 24.5 Å². The maximum absolute atomic E-state index is 11.4. The Morgan fingerprint density at radius 2 is 2.04 bits per heavy atom. The van der Waals surface area contributed by atoms with Gasteiger partial charge in [-0.25, -0.2) is 9.78 Å². The van der Waals surface area contributed by atoms with E-state index < -0.39 is 6.09 Å². The first-order chi connectivity index (χ1) is 11.6. The molecule has 1 aromatic carbocycles. The van der Waals surface area contributed by atoms with Gasteiger partial charge in [0.05, 0.1) is 11.7 Å². The van der Waals surface area contributed by atoms with Gasteiger partial charge in [-0.15, -0.1) is 0 Å². The van der Waals surface area contributed by atoms with Crippen molar-refractivity contribution in [3.8, 4) is 11.1 Å². The number of hydrogen-bond donors (Lipinski definition) is 1. The summed E-state index contributed by atoms with van der Waals surface area (Å²) in [7, 11) is 0. The number of rotatable bonds is 2. The van der Waals surface area contributed by atoms with E-state index in [0.29, 0.717) is 6.54 Å². The molecule has 24 heavy (non-hydrogen) atoms. The first-order valence-corrected chi connectivity index (χ1v) is 8.18. The first kappa shape index (κ1) is 14.8. The molecule has 1 atom stereocenters. The Morgan fingerprint density at radius 1 is 1.25 bits per heavy atom. The lowest BCUT2D eigenvalue weighted by Crippen LogP contribution is -2.28. The van der Waals surface area contributed by atoms with E-state index in [1.807, 2.05) is 35.0 Å². The maximum Gasteiger partial charge on any atom is 0.407 e. The molecule has 1 N–H and O–H groups in total. The smallest absolute Gasteiger partial charge is 0.407 e. The number of carbonyl (C=O) groups is 1. The molecule has 2 aromatic heterocycles. The number of carboxylic acid groups (broad SMARTS) is 1. The lowest BCUT2D eigenvalue weighted by atomic mass is 10.0.